The minimum absolute atomic E-state index is 0.0378. The lowest BCUT2D eigenvalue weighted by molar-refractivity contribution is -0.117. The second-order valence-electron chi connectivity index (χ2n) is 4.63. The van der Waals surface area contributed by atoms with E-state index < -0.39 is 0 Å². The number of nitrogens with one attached hydrogen (secondary N) is 1. The van der Waals surface area contributed by atoms with Gasteiger partial charge in [-0.3, -0.25) is 4.79 Å². The molecule has 3 heteroatoms. The third-order valence-corrected chi connectivity index (χ3v) is 3.35. The van der Waals surface area contributed by atoms with Crippen molar-refractivity contribution in [3.05, 3.63) is 24.3 Å². The van der Waals surface area contributed by atoms with Crippen molar-refractivity contribution in [1.29, 1.82) is 0 Å². The topological polar surface area (TPSA) is 55.1 Å². The summed E-state index contributed by atoms with van der Waals surface area (Å²) in [6, 6.07) is 0.137. The molecular weight excluding hydrogens is 212 g/mol. The van der Waals surface area contributed by atoms with Crippen molar-refractivity contribution in [2.24, 2.45) is 11.7 Å². The van der Waals surface area contributed by atoms with Crippen LogP contribution in [0.5, 0.6) is 0 Å². The van der Waals surface area contributed by atoms with E-state index in [0.717, 1.165) is 0 Å². The normalized spacial score (nSPS) is 19.9. The van der Waals surface area contributed by atoms with Gasteiger partial charge in [-0.1, -0.05) is 37.5 Å². The number of hydrogen-bond acceptors (Lipinski definition) is 2. The van der Waals surface area contributed by atoms with Gasteiger partial charge in [-0.2, -0.15) is 0 Å². The van der Waals surface area contributed by atoms with E-state index in [-0.39, 0.29) is 11.9 Å². The lowest BCUT2D eigenvalue weighted by Gasteiger charge is -2.29. The molecular formula is C14H24N2O. The number of nitrogens with two attached hydrogens (primary N) is 1. The van der Waals surface area contributed by atoms with E-state index in [2.05, 4.69) is 5.32 Å². The zero-order valence-electron chi connectivity index (χ0n) is 10.7. The minimum atomic E-state index is -0.0378. The van der Waals surface area contributed by atoms with Gasteiger partial charge in [0.05, 0.1) is 0 Å². The first-order valence-electron chi connectivity index (χ1n) is 6.58. The smallest absolute Gasteiger partial charge is 0.244 e. The van der Waals surface area contributed by atoms with Crippen molar-refractivity contribution in [3.8, 4) is 0 Å². The number of allylic oxidation sites excluding steroid dienone is 3. The minimum Gasteiger partial charge on any atom is -0.348 e. The molecule has 1 rings (SSSR count). The Morgan fingerprint density at radius 1 is 1.35 bits per heavy atom. The van der Waals surface area contributed by atoms with Crippen LogP contribution >= 0.6 is 0 Å². The van der Waals surface area contributed by atoms with Crippen LogP contribution in [-0.2, 0) is 4.79 Å². The highest BCUT2D eigenvalue weighted by Gasteiger charge is 2.23. The van der Waals surface area contributed by atoms with Crippen LogP contribution in [-0.4, -0.2) is 18.5 Å². The summed E-state index contributed by atoms with van der Waals surface area (Å²) in [7, 11) is 0. The number of rotatable bonds is 5. The quantitative estimate of drug-likeness (QED) is 0.567. The Balaban J connectivity index is 2.42. The number of carbonyl (C=O) groups is 1. The summed E-state index contributed by atoms with van der Waals surface area (Å²) < 4.78 is 0. The van der Waals surface area contributed by atoms with Crippen molar-refractivity contribution in [1.82, 2.24) is 5.32 Å². The van der Waals surface area contributed by atoms with Crippen LogP contribution < -0.4 is 11.1 Å². The van der Waals surface area contributed by atoms with Gasteiger partial charge < -0.3 is 11.1 Å². The van der Waals surface area contributed by atoms with Crippen molar-refractivity contribution < 1.29 is 4.79 Å². The van der Waals surface area contributed by atoms with Crippen molar-refractivity contribution in [2.75, 3.05) is 6.54 Å². The molecule has 0 saturated heterocycles. The van der Waals surface area contributed by atoms with E-state index in [4.69, 9.17) is 5.73 Å². The summed E-state index contributed by atoms with van der Waals surface area (Å²) in [6.07, 6.45) is 13.3. The lowest BCUT2D eigenvalue weighted by atomic mass is 9.84. The van der Waals surface area contributed by atoms with Gasteiger partial charge in [0.1, 0.15) is 0 Å². The van der Waals surface area contributed by atoms with Gasteiger partial charge in [0.25, 0.3) is 0 Å². The highest BCUT2D eigenvalue weighted by atomic mass is 16.1. The Bertz CT molecular complexity index is 278. The molecule has 0 aliphatic heterocycles. The third-order valence-electron chi connectivity index (χ3n) is 3.35. The average Bonchev–Trinajstić information content (AvgIpc) is 2.37. The fourth-order valence-electron chi connectivity index (χ4n) is 2.39. The van der Waals surface area contributed by atoms with E-state index in [1.165, 1.54) is 32.1 Å². The fourth-order valence-corrected chi connectivity index (χ4v) is 2.39. The van der Waals surface area contributed by atoms with Crippen molar-refractivity contribution in [2.45, 2.75) is 45.1 Å². The van der Waals surface area contributed by atoms with Gasteiger partial charge in [0, 0.05) is 18.7 Å². The molecule has 17 heavy (non-hydrogen) atoms. The summed E-state index contributed by atoms with van der Waals surface area (Å²) in [4.78, 5) is 11.6. The second-order valence-corrected chi connectivity index (χ2v) is 4.63. The van der Waals surface area contributed by atoms with E-state index in [1.807, 2.05) is 19.1 Å². The van der Waals surface area contributed by atoms with Crippen molar-refractivity contribution >= 4 is 5.91 Å². The fraction of sp³-hybridized carbons (Fsp3) is 0.643. The van der Waals surface area contributed by atoms with Crippen LogP contribution in [0.4, 0.5) is 0 Å². The monoisotopic (exact) mass is 236 g/mol. The summed E-state index contributed by atoms with van der Waals surface area (Å²) in [5.74, 6) is 0.525. The van der Waals surface area contributed by atoms with Gasteiger partial charge in [-0.05, 0) is 25.7 Å². The molecule has 1 aliphatic carbocycles. The maximum absolute atomic E-state index is 11.6. The van der Waals surface area contributed by atoms with E-state index >= 15 is 0 Å². The van der Waals surface area contributed by atoms with E-state index in [9.17, 15) is 4.79 Å². The largest absolute Gasteiger partial charge is 0.348 e. The van der Waals surface area contributed by atoms with Gasteiger partial charge in [-0.15, -0.1) is 0 Å². The lowest BCUT2D eigenvalue weighted by Crippen LogP contribution is -2.45. The zero-order valence-corrected chi connectivity index (χ0v) is 10.7. The van der Waals surface area contributed by atoms with Crippen LogP contribution in [0.2, 0.25) is 0 Å². The summed E-state index contributed by atoms with van der Waals surface area (Å²) in [5.41, 5.74) is 5.75. The first kappa shape index (κ1) is 14.0. The predicted octanol–water partition coefficient (Wildman–Crippen LogP) is 2.14. The Kier molecular flexibility index (Phi) is 6.63. The highest BCUT2D eigenvalue weighted by Crippen LogP contribution is 2.26. The molecule has 1 aliphatic rings. The third kappa shape index (κ3) is 5.18. The summed E-state index contributed by atoms with van der Waals surface area (Å²) in [5, 5.41) is 3.01. The molecule has 0 spiro atoms. The van der Waals surface area contributed by atoms with Crippen LogP contribution in [0.1, 0.15) is 39.0 Å². The van der Waals surface area contributed by atoms with Crippen LogP contribution in [0.25, 0.3) is 0 Å². The molecule has 3 nitrogen and oxygen atoms in total. The van der Waals surface area contributed by atoms with Crippen LogP contribution in [0, 0.1) is 5.92 Å². The van der Waals surface area contributed by atoms with Crippen molar-refractivity contribution in [3.63, 3.8) is 0 Å². The van der Waals surface area contributed by atoms with Crippen LogP contribution in [0.15, 0.2) is 24.3 Å². The Hall–Kier alpha value is -1.09. The molecule has 1 unspecified atom stereocenters. The Morgan fingerprint density at radius 2 is 2.06 bits per heavy atom. The van der Waals surface area contributed by atoms with Gasteiger partial charge in [-0.25, -0.2) is 0 Å². The van der Waals surface area contributed by atoms with Gasteiger partial charge >= 0.3 is 0 Å². The summed E-state index contributed by atoms with van der Waals surface area (Å²) >= 11 is 0. The Labute approximate surface area is 104 Å². The van der Waals surface area contributed by atoms with Crippen LogP contribution in [0.3, 0.4) is 0 Å². The highest BCUT2D eigenvalue weighted by molar-refractivity contribution is 5.88. The molecule has 0 aromatic carbocycles. The predicted molar refractivity (Wildman–Crippen MR) is 71.5 cm³/mol. The number of amides is 1. The maximum Gasteiger partial charge on any atom is 0.244 e. The molecule has 1 fully saturated rings. The molecule has 1 saturated carbocycles. The van der Waals surface area contributed by atoms with E-state index in [0.29, 0.717) is 12.5 Å². The van der Waals surface area contributed by atoms with Gasteiger partial charge in [0.2, 0.25) is 5.91 Å². The molecule has 0 aromatic heterocycles. The second kappa shape index (κ2) is 8.07. The Morgan fingerprint density at radius 3 is 2.65 bits per heavy atom. The zero-order chi connectivity index (χ0) is 12.5. The number of hydrogen-bond donors (Lipinski definition) is 2. The first-order valence-corrected chi connectivity index (χ1v) is 6.58. The molecule has 3 N–H and O–H groups in total. The maximum atomic E-state index is 11.6. The molecule has 0 heterocycles. The summed E-state index contributed by atoms with van der Waals surface area (Å²) in [6.45, 7) is 2.46. The molecule has 96 valence electrons. The SMILES string of the molecule is CC=CC=CC(=O)NC(CN)C1CCCCC1. The molecule has 0 radical (unpaired) electrons. The first-order chi connectivity index (χ1) is 8.27. The standard InChI is InChI=1S/C14H24N2O/c1-2-3-5-10-14(17)16-13(11-15)12-8-6-4-7-9-12/h2-3,5,10,12-13H,4,6-9,11,15H2,1H3,(H,16,17). The molecule has 0 aromatic rings. The number of carbonyl (C=O) groups excluding carboxylic acids is 1. The molecule has 0 bridgehead atoms. The average molecular weight is 236 g/mol. The molecule has 1 atom stereocenters. The van der Waals surface area contributed by atoms with Gasteiger partial charge in [0.15, 0.2) is 0 Å². The van der Waals surface area contributed by atoms with E-state index in [1.54, 1.807) is 12.2 Å². The molecule has 1 amide bonds.